The van der Waals surface area contributed by atoms with Gasteiger partial charge in [-0.05, 0) is 32.3 Å². The maximum absolute atomic E-state index is 10.6. The highest BCUT2D eigenvalue weighted by atomic mass is 16.5. The first-order valence-corrected chi connectivity index (χ1v) is 7.13. The predicted octanol–water partition coefficient (Wildman–Crippen LogP) is 2.87. The van der Waals surface area contributed by atoms with E-state index in [1.165, 1.54) is 5.56 Å². The summed E-state index contributed by atoms with van der Waals surface area (Å²) >= 11 is 0. The van der Waals surface area contributed by atoms with Crippen LogP contribution in [0.3, 0.4) is 0 Å². The van der Waals surface area contributed by atoms with E-state index >= 15 is 0 Å². The summed E-state index contributed by atoms with van der Waals surface area (Å²) in [5, 5.41) is 14.9. The van der Waals surface area contributed by atoms with Crippen LogP contribution in [0.4, 0.5) is 0 Å². The Morgan fingerprint density at radius 1 is 1.35 bits per heavy atom. The summed E-state index contributed by atoms with van der Waals surface area (Å²) in [6.45, 7) is 4.86. The standard InChI is InChI=1S/C16H20N2O2/c1-11(2)18-10-13(9-17-18)15(19)14-7-3-5-12-6-4-8-20-16(12)14/h3,5,7,9-11,15,19H,4,6,8H2,1-2H3. The second-order valence-corrected chi connectivity index (χ2v) is 5.54. The molecule has 4 heteroatoms. The van der Waals surface area contributed by atoms with Crippen molar-refractivity contribution in [3.8, 4) is 5.75 Å². The van der Waals surface area contributed by atoms with Crippen LogP contribution in [0.5, 0.6) is 5.75 Å². The second kappa shape index (κ2) is 5.29. The molecule has 20 heavy (non-hydrogen) atoms. The highest BCUT2D eigenvalue weighted by Crippen LogP contribution is 2.35. The van der Waals surface area contributed by atoms with E-state index in [4.69, 9.17) is 4.74 Å². The van der Waals surface area contributed by atoms with Gasteiger partial charge in [0.15, 0.2) is 0 Å². The summed E-state index contributed by atoms with van der Waals surface area (Å²) in [5.74, 6) is 0.851. The van der Waals surface area contributed by atoms with Crippen LogP contribution in [-0.2, 0) is 6.42 Å². The lowest BCUT2D eigenvalue weighted by Crippen LogP contribution is -2.12. The number of nitrogens with zero attached hydrogens (tertiary/aromatic N) is 2. The minimum absolute atomic E-state index is 0.289. The van der Waals surface area contributed by atoms with Crippen LogP contribution < -0.4 is 4.74 Å². The van der Waals surface area contributed by atoms with Gasteiger partial charge in [0.1, 0.15) is 11.9 Å². The van der Waals surface area contributed by atoms with Gasteiger partial charge < -0.3 is 9.84 Å². The summed E-state index contributed by atoms with van der Waals surface area (Å²) in [6, 6.07) is 6.28. The molecule has 0 amide bonds. The zero-order chi connectivity index (χ0) is 14.1. The first kappa shape index (κ1) is 13.2. The van der Waals surface area contributed by atoms with Crippen molar-refractivity contribution in [1.82, 2.24) is 9.78 Å². The van der Waals surface area contributed by atoms with Crippen molar-refractivity contribution in [1.29, 1.82) is 0 Å². The van der Waals surface area contributed by atoms with Crippen molar-refractivity contribution in [2.45, 2.75) is 38.8 Å². The molecule has 2 heterocycles. The highest BCUT2D eigenvalue weighted by Gasteiger charge is 2.21. The number of ether oxygens (including phenoxy) is 1. The van der Waals surface area contributed by atoms with Crippen LogP contribution in [-0.4, -0.2) is 21.5 Å². The van der Waals surface area contributed by atoms with Crippen molar-refractivity contribution in [3.63, 3.8) is 0 Å². The first-order valence-electron chi connectivity index (χ1n) is 7.13. The fraction of sp³-hybridized carbons (Fsp3) is 0.438. The summed E-state index contributed by atoms with van der Waals surface area (Å²) in [4.78, 5) is 0. The van der Waals surface area contributed by atoms with E-state index in [0.717, 1.165) is 36.3 Å². The molecule has 1 unspecified atom stereocenters. The molecule has 0 radical (unpaired) electrons. The van der Waals surface area contributed by atoms with Crippen molar-refractivity contribution in [3.05, 3.63) is 47.3 Å². The zero-order valence-electron chi connectivity index (χ0n) is 11.9. The Morgan fingerprint density at radius 2 is 2.20 bits per heavy atom. The molecule has 1 aromatic heterocycles. The molecule has 2 aromatic rings. The maximum atomic E-state index is 10.6. The molecule has 3 rings (SSSR count). The largest absolute Gasteiger partial charge is 0.493 e. The molecule has 1 aromatic carbocycles. The molecular formula is C16H20N2O2. The van der Waals surface area contributed by atoms with E-state index in [0.29, 0.717) is 0 Å². The Labute approximate surface area is 119 Å². The number of aliphatic hydroxyl groups is 1. The van der Waals surface area contributed by atoms with Gasteiger partial charge in [0.25, 0.3) is 0 Å². The lowest BCUT2D eigenvalue weighted by Gasteiger charge is -2.22. The van der Waals surface area contributed by atoms with E-state index in [1.54, 1.807) is 6.20 Å². The van der Waals surface area contributed by atoms with Crippen molar-refractivity contribution in [2.75, 3.05) is 6.61 Å². The minimum atomic E-state index is -0.685. The van der Waals surface area contributed by atoms with E-state index in [-0.39, 0.29) is 6.04 Å². The lowest BCUT2D eigenvalue weighted by atomic mass is 9.97. The van der Waals surface area contributed by atoms with E-state index in [1.807, 2.05) is 23.0 Å². The second-order valence-electron chi connectivity index (χ2n) is 5.54. The van der Waals surface area contributed by atoms with Gasteiger partial charge in [-0.1, -0.05) is 18.2 Å². The molecule has 0 spiro atoms. The first-order chi connectivity index (χ1) is 9.66. The summed E-state index contributed by atoms with van der Waals surface area (Å²) in [7, 11) is 0. The van der Waals surface area contributed by atoms with Crippen LogP contribution in [0, 0.1) is 0 Å². The number of aromatic nitrogens is 2. The highest BCUT2D eigenvalue weighted by molar-refractivity contribution is 5.46. The van der Waals surface area contributed by atoms with E-state index in [9.17, 15) is 5.11 Å². The maximum Gasteiger partial charge on any atom is 0.128 e. The van der Waals surface area contributed by atoms with Crippen LogP contribution in [0.2, 0.25) is 0 Å². The fourth-order valence-corrected chi connectivity index (χ4v) is 2.59. The van der Waals surface area contributed by atoms with Crippen LogP contribution >= 0.6 is 0 Å². The number of benzene rings is 1. The molecule has 1 N–H and O–H groups in total. The molecule has 0 fully saturated rings. The third-order valence-electron chi connectivity index (χ3n) is 3.72. The van der Waals surface area contributed by atoms with Crippen LogP contribution in [0.25, 0.3) is 0 Å². The molecule has 4 nitrogen and oxygen atoms in total. The molecule has 0 aliphatic carbocycles. The normalized spacial score (nSPS) is 15.8. The van der Waals surface area contributed by atoms with Gasteiger partial charge in [0.05, 0.1) is 12.8 Å². The zero-order valence-corrected chi connectivity index (χ0v) is 11.9. The summed E-state index contributed by atoms with van der Waals surface area (Å²) in [6.07, 6.45) is 5.00. The van der Waals surface area contributed by atoms with Crippen LogP contribution in [0.15, 0.2) is 30.6 Å². The summed E-state index contributed by atoms with van der Waals surface area (Å²) < 4.78 is 7.62. The third-order valence-corrected chi connectivity index (χ3v) is 3.72. The van der Waals surface area contributed by atoms with Gasteiger partial charge in [-0.15, -0.1) is 0 Å². The fourth-order valence-electron chi connectivity index (χ4n) is 2.59. The molecule has 106 valence electrons. The molecule has 1 aliphatic rings. The Hall–Kier alpha value is -1.81. The number of aryl methyl sites for hydroxylation is 1. The Kier molecular flexibility index (Phi) is 3.49. The summed E-state index contributed by atoms with van der Waals surface area (Å²) in [5.41, 5.74) is 2.83. The van der Waals surface area contributed by atoms with E-state index in [2.05, 4.69) is 25.0 Å². The van der Waals surface area contributed by atoms with Gasteiger partial charge in [0.2, 0.25) is 0 Å². The Bertz CT molecular complexity index is 604. The van der Waals surface area contributed by atoms with Gasteiger partial charge >= 0.3 is 0 Å². The van der Waals surface area contributed by atoms with Crippen molar-refractivity contribution >= 4 is 0 Å². The van der Waals surface area contributed by atoms with Gasteiger partial charge in [-0.25, -0.2) is 0 Å². The molecular weight excluding hydrogens is 252 g/mol. The van der Waals surface area contributed by atoms with Gasteiger partial charge in [0, 0.05) is 23.4 Å². The predicted molar refractivity (Wildman–Crippen MR) is 76.9 cm³/mol. The van der Waals surface area contributed by atoms with Gasteiger partial charge in [-0.3, -0.25) is 4.68 Å². The number of para-hydroxylation sites is 1. The van der Waals surface area contributed by atoms with Crippen LogP contribution in [0.1, 0.15) is 49.1 Å². The average Bonchev–Trinajstić information content (AvgIpc) is 2.96. The van der Waals surface area contributed by atoms with E-state index < -0.39 is 6.10 Å². The lowest BCUT2D eigenvalue weighted by molar-refractivity contribution is 0.206. The smallest absolute Gasteiger partial charge is 0.128 e. The third kappa shape index (κ3) is 2.31. The minimum Gasteiger partial charge on any atom is -0.493 e. The number of hydrogen-bond donors (Lipinski definition) is 1. The monoisotopic (exact) mass is 272 g/mol. The molecule has 1 atom stereocenters. The number of fused-ring (bicyclic) bond motifs is 1. The molecule has 1 aliphatic heterocycles. The van der Waals surface area contributed by atoms with Gasteiger partial charge in [-0.2, -0.15) is 5.10 Å². The SMILES string of the molecule is CC(C)n1cc(C(O)c2cccc3c2OCCC3)cn1. The van der Waals surface area contributed by atoms with Crippen molar-refractivity contribution < 1.29 is 9.84 Å². The molecule has 0 saturated carbocycles. The number of aliphatic hydroxyl groups excluding tert-OH is 1. The number of rotatable bonds is 3. The molecule has 0 bridgehead atoms. The topological polar surface area (TPSA) is 47.3 Å². The Morgan fingerprint density at radius 3 is 2.95 bits per heavy atom. The van der Waals surface area contributed by atoms with Crippen molar-refractivity contribution in [2.24, 2.45) is 0 Å². The Balaban J connectivity index is 1.95. The molecule has 0 saturated heterocycles. The average molecular weight is 272 g/mol. The quantitative estimate of drug-likeness (QED) is 0.934. The number of hydrogen-bond acceptors (Lipinski definition) is 3.